The third-order valence-corrected chi connectivity index (χ3v) is 6.26. The molecule has 3 rings (SSSR count). The molecule has 0 bridgehead atoms. The van der Waals surface area contributed by atoms with Gasteiger partial charge < -0.3 is 16.0 Å². The number of carbonyl (C=O) groups is 1. The quantitative estimate of drug-likeness (QED) is 0.404. The third-order valence-electron chi connectivity index (χ3n) is 6.26. The van der Waals surface area contributed by atoms with Crippen LogP contribution in [0.1, 0.15) is 53.7 Å². The van der Waals surface area contributed by atoms with E-state index in [0.29, 0.717) is 12.1 Å². The lowest BCUT2D eigenvalue weighted by atomic mass is 9.98. The summed E-state index contributed by atoms with van der Waals surface area (Å²) >= 11 is 0. The maximum atomic E-state index is 11.9. The first-order valence-corrected chi connectivity index (χ1v) is 12.2. The van der Waals surface area contributed by atoms with Crippen LogP contribution in [0, 0.1) is 5.92 Å². The summed E-state index contributed by atoms with van der Waals surface area (Å²) in [5.74, 6) is 1.61. The van der Waals surface area contributed by atoms with E-state index in [-0.39, 0.29) is 5.91 Å². The summed E-state index contributed by atoms with van der Waals surface area (Å²) in [6, 6.07) is 16.4. The minimum absolute atomic E-state index is 0.0579. The molecule has 0 aromatic heterocycles. The van der Waals surface area contributed by atoms with E-state index in [0.717, 1.165) is 43.5 Å². The molecule has 0 atom stereocenters. The molecule has 1 amide bonds. The number of amides is 1. The zero-order chi connectivity index (χ0) is 23.5. The van der Waals surface area contributed by atoms with Crippen molar-refractivity contribution in [2.45, 2.75) is 46.2 Å². The van der Waals surface area contributed by atoms with Crippen molar-refractivity contribution in [3.63, 3.8) is 0 Å². The molecule has 3 N–H and O–H groups in total. The molecule has 1 saturated heterocycles. The molecule has 2 aromatic rings. The molecule has 0 radical (unpaired) electrons. The zero-order valence-corrected chi connectivity index (χ0v) is 20.4. The molecule has 0 unspecified atom stereocenters. The van der Waals surface area contributed by atoms with Gasteiger partial charge in [0.1, 0.15) is 0 Å². The number of nitrogens with one attached hydrogen (secondary N) is 3. The molecule has 2 aromatic carbocycles. The molecule has 178 valence electrons. The minimum Gasteiger partial charge on any atom is -0.357 e. The highest BCUT2D eigenvalue weighted by atomic mass is 16.1. The summed E-state index contributed by atoms with van der Waals surface area (Å²) in [5, 5.41) is 9.46. The van der Waals surface area contributed by atoms with E-state index in [9.17, 15) is 4.79 Å². The van der Waals surface area contributed by atoms with Crippen LogP contribution in [-0.4, -0.2) is 50.0 Å². The second-order valence-corrected chi connectivity index (χ2v) is 8.88. The van der Waals surface area contributed by atoms with Crippen LogP contribution in [0.4, 0.5) is 0 Å². The number of hydrogen-bond acceptors (Lipinski definition) is 3. The molecule has 1 fully saturated rings. The van der Waals surface area contributed by atoms with Crippen LogP contribution < -0.4 is 16.0 Å². The molecule has 6 heteroatoms. The first kappa shape index (κ1) is 24.8. The Hall–Kier alpha value is -2.86. The number of benzene rings is 2. The zero-order valence-electron chi connectivity index (χ0n) is 20.4. The summed E-state index contributed by atoms with van der Waals surface area (Å²) in [6.45, 7) is 10.0. The van der Waals surface area contributed by atoms with E-state index in [1.54, 1.807) is 7.05 Å². The van der Waals surface area contributed by atoms with E-state index < -0.39 is 0 Å². The molecule has 0 aliphatic carbocycles. The Labute approximate surface area is 198 Å². The van der Waals surface area contributed by atoms with Crippen molar-refractivity contribution >= 4 is 11.9 Å². The largest absolute Gasteiger partial charge is 0.357 e. The van der Waals surface area contributed by atoms with Gasteiger partial charge in [0, 0.05) is 32.2 Å². The van der Waals surface area contributed by atoms with Crippen LogP contribution in [0.5, 0.6) is 0 Å². The predicted octanol–water partition coefficient (Wildman–Crippen LogP) is 3.58. The highest BCUT2D eigenvalue weighted by Gasteiger charge is 2.16. The van der Waals surface area contributed by atoms with Crippen molar-refractivity contribution in [1.82, 2.24) is 20.9 Å². The fraction of sp³-hybridized carbons (Fsp3) is 0.481. The summed E-state index contributed by atoms with van der Waals surface area (Å²) < 4.78 is 0. The molecule has 33 heavy (non-hydrogen) atoms. The Morgan fingerprint density at radius 3 is 2.55 bits per heavy atom. The van der Waals surface area contributed by atoms with Crippen LogP contribution in [0.25, 0.3) is 0 Å². The van der Waals surface area contributed by atoms with E-state index in [1.807, 2.05) is 18.2 Å². The summed E-state index contributed by atoms with van der Waals surface area (Å²) in [5.41, 5.74) is 4.47. The number of nitrogens with zero attached hydrogens (tertiary/aromatic N) is 2. The normalized spacial score (nSPS) is 15.3. The Balaban J connectivity index is 1.57. The summed E-state index contributed by atoms with van der Waals surface area (Å²) in [6.07, 6.45) is 3.40. The van der Waals surface area contributed by atoms with Gasteiger partial charge in [-0.2, -0.15) is 0 Å². The summed E-state index contributed by atoms with van der Waals surface area (Å²) in [4.78, 5) is 19.3. The second-order valence-electron chi connectivity index (χ2n) is 8.88. The molecular weight excluding hydrogens is 410 g/mol. The monoisotopic (exact) mass is 449 g/mol. The lowest BCUT2D eigenvalue weighted by Gasteiger charge is -2.30. The van der Waals surface area contributed by atoms with Gasteiger partial charge in [0.05, 0.1) is 6.54 Å². The Kier molecular flexibility index (Phi) is 9.76. The second kappa shape index (κ2) is 13.0. The molecule has 1 heterocycles. The van der Waals surface area contributed by atoms with Crippen molar-refractivity contribution in [1.29, 1.82) is 0 Å². The van der Waals surface area contributed by atoms with Crippen molar-refractivity contribution in [2.24, 2.45) is 10.9 Å². The van der Waals surface area contributed by atoms with Gasteiger partial charge in [-0.1, -0.05) is 43.3 Å². The fourth-order valence-electron chi connectivity index (χ4n) is 4.17. The number of likely N-dealkylation sites (tertiary alicyclic amines) is 1. The first-order chi connectivity index (χ1) is 16.1. The molecule has 1 aliphatic rings. The number of aliphatic imine (C=N–C) groups is 1. The highest BCUT2D eigenvalue weighted by molar-refractivity contribution is 5.94. The van der Waals surface area contributed by atoms with Crippen molar-refractivity contribution in [2.75, 3.05) is 33.2 Å². The molecule has 1 aliphatic heterocycles. The van der Waals surface area contributed by atoms with Crippen LogP contribution in [0.2, 0.25) is 0 Å². The first-order valence-electron chi connectivity index (χ1n) is 12.2. The predicted molar refractivity (Wildman–Crippen MR) is 136 cm³/mol. The van der Waals surface area contributed by atoms with Gasteiger partial charge in [-0.3, -0.25) is 9.69 Å². The van der Waals surface area contributed by atoms with Gasteiger partial charge >= 0.3 is 0 Å². The Bertz CT molecular complexity index is 918. The number of carbonyl (C=O) groups excluding carboxylic acids is 1. The van der Waals surface area contributed by atoms with Crippen LogP contribution in [0.15, 0.2) is 53.5 Å². The highest BCUT2D eigenvalue weighted by Crippen LogP contribution is 2.20. The molecule has 0 saturated carbocycles. The van der Waals surface area contributed by atoms with Gasteiger partial charge in [-0.05, 0) is 74.0 Å². The van der Waals surface area contributed by atoms with Crippen LogP contribution in [-0.2, 0) is 19.5 Å². The van der Waals surface area contributed by atoms with Gasteiger partial charge in [0.25, 0.3) is 5.91 Å². The standard InChI is InChI=1S/C27H39N5O/c1-4-29-27(30-15-12-22-8-7-11-23(18-22)26(33)28-3)31-19-24-9-5-6-10-25(24)20-32-16-13-21(2)14-17-32/h5-11,18,21H,4,12-17,19-20H2,1-3H3,(H,28,33)(H2,29,30,31). The molecular formula is C27H39N5O. The lowest BCUT2D eigenvalue weighted by molar-refractivity contribution is 0.0963. The maximum Gasteiger partial charge on any atom is 0.251 e. The van der Waals surface area contributed by atoms with E-state index in [1.165, 1.54) is 37.1 Å². The van der Waals surface area contributed by atoms with Crippen molar-refractivity contribution in [3.8, 4) is 0 Å². The van der Waals surface area contributed by atoms with Gasteiger partial charge in [0.2, 0.25) is 0 Å². The minimum atomic E-state index is -0.0579. The number of hydrogen-bond donors (Lipinski definition) is 3. The van der Waals surface area contributed by atoms with Crippen molar-refractivity contribution < 1.29 is 4.79 Å². The number of piperidine rings is 1. The van der Waals surface area contributed by atoms with E-state index in [4.69, 9.17) is 4.99 Å². The topological polar surface area (TPSA) is 68.8 Å². The average molecular weight is 450 g/mol. The van der Waals surface area contributed by atoms with Crippen molar-refractivity contribution in [3.05, 3.63) is 70.8 Å². The molecule has 0 spiro atoms. The Morgan fingerprint density at radius 2 is 1.82 bits per heavy atom. The fourth-order valence-corrected chi connectivity index (χ4v) is 4.17. The SMILES string of the molecule is CCNC(=NCc1ccccc1CN1CCC(C)CC1)NCCc1cccc(C(=O)NC)c1. The van der Waals surface area contributed by atoms with Gasteiger partial charge in [0.15, 0.2) is 5.96 Å². The van der Waals surface area contributed by atoms with Crippen LogP contribution in [0.3, 0.4) is 0 Å². The number of guanidine groups is 1. The van der Waals surface area contributed by atoms with Gasteiger partial charge in [-0.25, -0.2) is 4.99 Å². The third kappa shape index (κ3) is 7.90. The van der Waals surface area contributed by atoms with E-state index >= 15 is 0 Å². The smallest absolute Gasteiger partial charge is 0.251 e. The Morgan fingerprint density at radius 1 is 1.06 bits per heavy atom. The van der Waals surface area contributed by atoms with E-state index in [2.05, 4.69) is 65.0 Å². The average Bonchev–Trinajstić information content (AvgIpc) is 2.84. The van der Waals surface area contributed by atoms with Crippen LogP contribution >= 0.6 is 0 Å². The lowest BCUT2D eigenvalue weighted by Crippen LogP contribution is -2.38. The molecule has 6 nitrogen and oxygen atoms in total. The maximum absolute atomic E-state index is 11.9. The van der Waals surface area contributed by atoms with Gasteiger partial charge in [-0.15, -0.1) is 0 Å². The number of rotatable bonds is 9. The summed E-state index contributed by atoms with van der Waals surface area (Å²) in [7, 11) is 1.65.